The van der Waals surface area contributed by atoms with Crippen molar-refractivity contribution in [1.29, 1.82) is 0 Å². The smallest absolute Gasteiger partial charge is 0.335 e. The first-order valence-corrected chi connectivity index (χ1v) is 13.3. The van der Waals surface area contributed by atoms with Crippen molar-refractivity contribution < 1.29 is 29.4 Å². The standard InChI is InChI=1S/C29H25ClN2O6S/c30-23-15-10-18(28(35)36)16-24(23)32-27(34)25(17-6-2-1-3-7-17)39-20-13-11-19(12-14-20)31-26(33)21-8-4-5-9-22(21)29(37)38/h1-7,10-16,21-22,25H,8-9H2,(H,31,33)(H,32,34)(H,35,36)(H,37,38). The van der Waals surface area contributed by atoms with Gasteiger partial charge in [0, 0.05) is 10.6 Å². The summed E-state index contributed by atoms with van der Waals surface area (Å²) in [6.45, 7) is 0. The zero-order chi connectivity index (χ0) is 27.9. The molecule has 1 aliphatic rings. The van der Waals surface area contributed by atoms with E-state index in [0.717, 1.165) is 10.5 Å². The molecule has 3 unspecified atom stereocenters. The minimum Gasteiger partial charge on any atom is -0.481 e. The second kappa shape index (κ2) is 12.6. The van der Waals surface area contributed by atoms with Crippen LogP contribution >= 0.6 is 23.4 Å². The Hall–Kier alpha value is -4.08. The molecular weight excluding hydrogens is 540 g/mol. The van der Waals surface area contributed by atoms with Gasteiger partial charge in [-0.3, -0.25) is 14.4 Å². The van der Waals surface area contributed by atoms with Crippen LogP contribution < -0.4 is 10.6 Å². The number of aromatic carboxylic acids is 1. The number of allylic oxidation sites excluding steroid dienone is 2. The second-order valence-corrected chi connectivity index (χ2v) is 10.5. The third-order valence-electron chi connectivity index (χ3n) is 6.27. The van der Waals surface area contributed by atoms with Crippen LogP contribution in [-0.2, 0) is 14.4 Å². The Labute approximate surface area is 234 Å². The van der Waals surface area contributed by atoms with Crippen molar-refractivity contribution in [2.45, 2.75) is 23.0 Å². The summed E-state index contributed by atoms with van der Waals surface area (Å²) in [6.07, 6.45) is 4.29. The van der Waals surface area contributed by atoms with Crippen molar-refractivity contribution in [3.63, 3.8) is 0 Å². The van der Waals surface area contributed by atoms with Crippen molar-refractivity contribution in [2.24, 2.45) is 11.8 Å². The number of carboxylic acids is 2. The van der Waals surface area contributed by atoms with Crippen molar-refractivity contribution in [1.82, 2.24) is 0 Å². The molecule has 0 aliphatic heterocycles. The first kappa shape index (κ1) is 27.9. The molecule has 1 aliphatic carbocycles. The number of hydrogen-bond donors (Lipinski definition) is 4. The number of halogens is 1. The summed E-state index contributed by atoms with van der Waals surface area (Å²) in [5, 5.41) is 23.8. The molecule has 10 heteroatoms. The van der Waals surface area contributed by atoms with Gasteiger partial charge in [0.1, 0.15) is 5.25 Å². The molecule has 3 aromatic rings. The fourth-order valence-electron chi connectivity index (χ4n) is 4.22. The number of carboxylic acid groups (broad SMARTS) is 2. The third kappa shape index (κ3) is 7.07. The molecule has 0 bridgehead atoms. The van der Waals surface area contributed by atoms with Crippen LogP contribution in [-0.4, -0.2) is 34.0 Å². The monoisotopic (exact) mass is 564 g/mol. The van der Waals surface area contributed by atoms with E-state index in [1.807, 2.05) is 36.4 Å². The Morgan fingerprint density at radius 3 is 2.15 bits per heavy atom. The number of amides is 2. The molecule has 0 spiro atoms. The first-order chi connectivity index (χ1) is 18.7. The van der Waals surface area contributed by atoms with Gasteiger partial charge in [0.15, 0.2) is 0 Å². The van der Waals surface area contributed by atoms with Gasteiger partial charge in [0.05, 0.1) is 28.1 Å². The Morgan fingerprint density at radius 2 is 1.51 bits per heavy atom. The number of aliphatic carboxylic acids is 1. The van der Waals surface area contributed by atoms with Crippen LogP contribution in [0, 0.1) is 11.8 Å². The van der Waals surface area contributed by atoms with Crippen molar-refractivity contribution in [2.75, 3.05) is 10.6 Å². The Bertz CT molecular complexity index is 1410. The van der Waals surface area contributed by atoms with Crippen molar-refractivity contribution in [3.05, 3.63) is 101 Å². The predicted octanol–water partition coefficient (Wildman–Crippen LogP) is 6.12. The van der Waals surface area contributed by atoms with Gasteiger partial charge < -0.3 is 20.8 Å². The molecule has 2 amide bonds. The zero-order valence-corrected chi connectivity index (χ0v) is 22.1. The summed E-state index contributed by atoms with van der Waals surface area (Å²) in [6, 6.07) is 20.1. The Balaban J connectivity index is 1.50. The van der Waals surface area contributed by atoms with E-state index in [0.29, 0.717) is 18.5 Å². The fourth-order valence-corrected chi connectivity index (χ4v) is 5.41. The summed E-state index contributed by atoms with van der Waals surface area (Å²) in [7, 11) is 0. The number of carbonyl (C=O) groups is 4. The number of benzene rings is 3. The molecule has 3 aromatic carbocycles. The average molecular weight is 565 g/mol. The lowest BCUT2D eigenvalue weighted by Gasteiger charge is -2.24. The molecule has 3 atom stereocenters. The molecule has 4 rings (SSSR count). The molecular formula is C29H25ClN2O6S. The van der Waals surface area contributed by atoms with Crippen LogP contribution in [0.15, 0.2) is 89.8 Å². The summed E-state index contributed by atoms with van der Waals surface area (Å²) in [4.78, 5) is 49.8. The molecule has 0 heterocycles. The van der Waals surface area contributed by atoms with E-state index < -0.39 is 34.9 Å². The lowest BCUT2D eigenvalue weighted by atomic mass is 9.82. The minimum absolute atomic E-state index is 0.00447. The third-order valence-corrected chi connectivity index (χ3v) is 7.87. The molecule has 200 valence electrons. The van der Waals surface area contributed by atoms with E-state index in [-0.39, 0.29) is 22.2 Å². The van der Waals surface area contributed by atoms with Crippen molar-refractivity contribution in [3.8, 4) is 0 Å². The van der Waals surface area contributed by atoms with E-state index in [1.54, 1.807) is 30.3 Å². The Morgan fingerprint density at radius 1 is 0.846 bits per heavy atom. The minimum atomic E-state index is -1.14. The van der Waals surface area contributed by atoms with Gasteiger partial charge in [-0.05, 0) is 60.9 Å². The van der Waals surface area contributed by atoms with Crippen molar-refractivity contribution >= 4 is 58.5 Å². The van der Waals surface area contributed by atoms with Gasteiger partial charge in [-0.15, -0.1) is 11.8 Å². The molecule has 8 nitrogen and oxygen atoms in total. The second-order valence-electron chi connectivity index (χ2n) is 8.91. The van der Waals surface area contributed by atoms with Gasteiger partial charge in [-0.25, -0.2) is 4.79 Å². The normalized spacial score (nSPS) is 17.2. The van der Waals surface area contributed by atoms with E-state index in [1.165, 1.54) is 30.0 Å². The number of thioether (sulfide) groups is 1. The summed E-state index contributed by atoms with van der Waals surface area (Å²) in [5.41, 5.74) is 1.43. The van der Waals surface area contributed by atoms with Gasteiger partial charge >= 0.3 is 11.9 Å². The highest BCUT2D eigenvalue weighted by Crippen LogP contribution is 2.37. The van der Waals surface area contributed by atoms with Crippen LogP contribution in [0.3, 0.4) is 0 Å². The average Bonchev–Trinajstić information content (AvgIpc) is 2.94. The number of hydrogen-bond acceptors (Lipinski definition) is 5. The first-order valence-electron chi connectivity index (χ1n) is 12.1. The van der Waals surface area contributed by atoms with Crippen LogP contribution in [0.2, 0.25) is 5.02 Å². The summed E-state index contributed by atoms with van der Waals surface area (Å²) < 4.78 is 0. The molecule has 0 saturated heterocycles. The van der Waals surface area contributed by atoms with Gasteiger partial charge in [0.25, 0.3) is 0 Å². The van der Waals surface area contributed by atoms with Crippen LogP contribution in [0.5, 0.6) is 0 Å². The highest BCUT2D eigenvalue weighted by atomic mass is 35.5. The van der Waals surface area contributed by atoms with Crippen LogP contribution in [0.4, 0.5) is 11.4 Å². The van der Waals surface area contributed by atoms with E-state index in [9.17, 15) is 29.4 Å². The predicted molar refractivity (Wildman–Crippen MR) is 150 cm³/mol. The lowest BCUT2D eigenvalue weighted by molar-refractivity contribution is -0.146. The van der Waals surface area contributed by atoms with E-state index >= 15 is 0 Å². The maximum atomic E-state index is 13.4. The lowest BCUT2D eigenvalue weighted by Crippen LogP contribution is -2.34. The fraction of sp³-hybridized carbons (Fsp3) is 0.172. The quantitative estimate of drug-likeness (QED) is 0.182. The molecule has 39 heavy (non-hydrogen) atoms. The molecule has 0 fully saturated rings. The number of nitrogens with one attached hydrogen (secondary N) is 2. The summed E-state index contributed by atoms with van der Waals surface area (Å²) >= 11 is 7.49. The largest absolute Gasteiger partial charge is 0.481 e. The molecule has 0 aromatic heterocycles. The summed E-state index contributed by atoms with van der Waals surface area (Å²) in [5.74, 6) is -4.29. The molecule has 0 saturated carbocycles. The topological polar surface area (TPSA) is 133 Å². The highest BCUT2D eigenvalue weighted by molar-refractivity contribution is 8.00. The zero-order valence-electron chi connectivity index (χ0n) is 20.5. The maximum absolute atomic E-state index is 13.4. The number of rotatable bonds is 9. The van der Waals surface area contributed by atoms with E-state index in [2.05, 4.69) is 10.6 Å². The van der Waals surface area contributed by atoms with Gasteiger partial charge in [-0.1, -0.05) is 54.1 Å². The molecule has 4 N–H and O–H groups in total. The van der Waals surface area contributed by atoms with Gasteiger partial charge in [-0.2, -0.15) is 0 Å². The SMILES string of the molecule is O=C(O)c1ccc(Cl)c(NC(=O)C(Sc2ccc(NC(=O)C3CC=CCC3C(=O)O)cc2)c2ccccc2)c1. The highest BCUT2D eigenvalue weighted by Gasteiger charge is 2.34. The van der Waals surface area contributed by atoms with E-state index in [4.69, 9.17) is 11.6 Å². The van der Waals surface area contributed by atoms with Crippen LogP contribution in [0.25, 0.3) is 0 Å². The van der Waals surface area contributed by atoms with Crippen LogP contribution in [0.1, 0.15) is 34.0 Å². The Kier molecular flexibility index (Phi) is 9.06. The number of carbonyl (C=O) groups excluding carboxylic acids is 2. The molecule has 0 radical (unpaired) electrons. The van der Waals surface area contributed by atoms with Gasteiger partial charge in [0.2, 0.25) is 11.8 Å². The number of anilines is 2. The maximum Gasteiger partial charge on any atom is 0.335 e.